The predicted molar refractivity (Wildman–Crippen MR) is 75.7 cm³/mol. The molecule has 2 aromatic rings. The van der Waals surface area contributed by atoms with Crippen molar-refractivity contribution in [1.82, 2.24) is 0 Å². The first-order valence-corrected chi connectivity index (χ1v) is 6.46. The van der Waals surface area contributed by atoms with Crippen LogP contribution in [0.2, 0.25) is 5.02 Å². The minimum atomic E-state index is -0.461. The molecule has 20 heavy (non-hydrogen) atoms. The summed E-state index contributed by atoms with van der Waals surface area (Å²) < 4.78 is 19.3. The van der Waals surface area contributed by atoms with Crippen molar-refractivity contribution in [2.45, 2.75) is 0 Å². The molecule has 0 unspecified atom stereocenters. The molecule has 0 fully saturated rings. The first-order chi connectivity index (χ1) is 9.66. The fourth-order valence-corrected chi connectivity index (χ4v) is 2.32. The number of benzene rings is 2. The van der Waals surface area contributed by atoms with Gasteiger partial charge in [-0.3, -0.25) is 4.79 Å². The van der Waals surface area contributed by atoms with E-state index in [1.54, 1.807) is 30.3 Å². The van der Waals surface area contributed by atoms with E-state index in [2.05, 4.69) is 0 Å². The smallest absolute Gasteiger partial charge is 0.196 e. The van der Waals surface area contributed by atoms with E-state index in [0.29, 0.717) is 16.9 Å². The quantitative estimate of drug-likeness (QED) is 0.737. The van der Waals surface area contributed by atoms with Crippen molar-refractivity contribution in [2.24, 2.45) is 0 Å². The topological polar surface area (TPSA) is 26.3 Å². The lowest BCUT2D eigenvalue weighted by atomic mass is 9.98. The highest BCUT2D eigenvalue weighted by Gasteiger charge is 2.23. The molecule has 1 aliphatic rings. The van der Waals surface area contributed by atoms with E-state index in [0.717, 1.165) is 0 Å². The van der Waals surface area contributed by atoms with Gasteiger partial charge in [0.2, 0.25) is 0 Å². The van der Waals surface area contributed by atoms with Gasteiger partial charge in [-0.05, 0) is 30.3 Å². The molecule has 0 spiro atoms. The highest BCUT2D eigenvalue weighted by molar-refractivity contribution is 6.32. The van der Waals surface area contributed by atoms with Gasteiger partial charge in [0.1, 0.15) is 18.2 Å². The van der Waals surface area contributed by atoms with E-state index in [4.69, 9.17) is 16.3 Å². The molecular weight excluding hydrogens is 279 g/mol. The normalized spacial score (nSPS) is 15.9. The van der Waals surface area contributed by atoms with Crippen LogP contribution in [0.15, 0.2) is 48.0 Å². The minimum Gasteiger partial charge on any atom is -0.488 e. The van der Waals surface area contributed by atoms with Gasteiger partial charge < -0.3 is 4.74 Å². The minimum absolute atomic E-state index is 0.112. The number of fused-ring (bicyclic) bond motifs is 1. The Balaban J connectivity index is 2.05. The van der Waals surface area contributed by atoms with E-state index in [9.17, 15) is 9.18 Å². The maximum atomic E-state index is 13.7. The van der Waals surface area contributed by atoms with Crippen LogP contribution in [0.25, 0.3) is 6.08 Å². The fourth-order valence-electron chi connectivity index (χ4n) is 2.10. The van der Waals surface area contributed by atoms with Crippen LogP contribution in [0.3, 0.4) is 0 Å². The van der Waals surface area contributed by atoms with E-state index in [1.165, 1.54) is 18.2 Å². The molecule has 1 aliphatic heterocycles. The zero-order valence-corrected chi connectivity index (χ0v) is 11.2. The maximum absolute atomic E-state index is 13.7. The molecule has 0 N–H and O–H groups in total. The molecule has 0 aromatic heterocycles. The number of Topliss-reactive ketones (excluding diaryl/α,β-unsaturated/α-hetero) is 1. The highest BCUT2D eigenvalue weighted by atomic mass is 35.5. The summed E-state index contributed by atoms with van der Waals surface area (Å²) in [5.41, 5.74) is 1.08. The van der Waals surface area contributed by atoms with E-state index in [1.807, 2.05) is 0 Å². The second-order valence-corrected chi connectivity index (χ2v) is 4.83. The average Bonchev–Trinajstić information content (AvgIpc) is 2.45. The summed E-state index contributed by atoms with van der Waals surface area (Å²) in [4.78, 5) is 12.3. The van der Waals surface area contributed by atoms with Crippen molar-refractivity contribution in [1.29, 1.82) is 0 Å². The highest BCUT2D eigenvalue weighted by Crippen LogP contribution is 2.29. The lowest BCUT2D eigenvalue weighted by molar-refractivity contribution is 0.100. The number of rotatable bonds is 1. The second kappa shape index (κ2) is 5.10. The van der Waals surface area contributed by atoms with Crippen LogP contribution >= 0.6 is 11.6 Å². The second-order valence-electron chi connectivity index (χ2n) is 4.42. The van der Waals surface area contributed by atoms with Gasteiger partial charge in [-0.25, -0.2) is 4.39 Å². The molecule has 3 rings (SSSR count). The summed E-state index contributed by atoms with van der Waals surface area (Å²) in [5.74, 6) is -0.0721. The zero-order valence-electron chi connectivity index (χ0n) is 10.4. The monoisotopic (exact) mass is 288 g/mol. The van der Waals surface area contributed by atoms with Crippen LogP contribution in [-0.4, -0.2) is 12.4 Å². The summed E-state index contributed by atoms with van der Waals surface area (Å²) in [6.45, 7) is 0.112. The van der Waals surface area contributed by atoms with Gasteiger partial charge in [-0.1, -0.05) is 29.8 Å². The van der Waals surface area contributed by atoms with Crippen LogP contribution < -0.4 is 4.74 Å². The number of ketones is 1. The molecule has 0 saturated heterocycles. The lowest BCUT2D eigenvalue weighted by Gasteiger charge is -2.18. The van der Waals surface area contributed by atoms with Crippen molar-refractivity contribution in [2.75, 3.05) is 6.61 Å². The molecule has 2 nitrogen and oxygen atoms in total. The maximum Gasteiger partial charge on any atom is 0.196 e. The third-order valence-electron chi connectivity index (χ3n) is 3.12. The first kappa shape index (κ1) is 12.9. The zero-order chi connectivity index (χ0) is 14.1. The Bertz CT molecular complexity index is 702. The fraction of sp³-hybridized carbons (Fsp3) is 0.0625. The van der Waals surface area contributed by atoms with Crippen LogP contribution in [0.1, 0.15) is 15.9 Å². The van der Waals surface area contributed by atoms with Crippen LogP contribution in [-0.2, 0) is 0 Å². The molecule has 4 heteroatoms. The van der Waals surface area contributed by atoms with E-state index >= 15 is 0 Å². The van der Waals surface area contributed by atoms with Crippen LogP contribution in [0, 0.1) is 5.82 Å². The molecule has 0 amide bonds. The van der Waals surface area contributed by atoms with Crippen LogP contribution in [0.4, 0.5) is 4.39 Å². The molecule has 100 valence electrons. The Hall–Kier alpha value is -2.13. The Morgan fingerprint density at radius 2 is 1.95 bits per heavy atom. The van der Waals surface area contributed by atoms with Gasteiger partial charge in [0.25, 0.3) is 0 Å². The lowest BCUT2D eigenvalue weighted by Crippen LogP contribution is -2.18. The van der Waals surface area contributed by atoms with E-state index < -0.39 is 5.82 Å². The van der Waals surface area contributed by atoms with Crippen molar-refractivity contribution in [3.05, 3.63) is 70.0 Å². The van der Waals surface area contributed by atoms with Crippen molar-refractivity contribution < 1.29 is 13.9 Å². The number of halogens is 2. The van der Waals surface area contributed by atoms with Crippen molar-refractivity contribution in [3.8, 4) is 5.75 Å². The van der Waals surface area contributed by atoms with Gasteiger partial charge in [0, 0.05) is 11.1 Å². The molecule has 0 aliphatic carbocycles. The molecule has 0 bridgehead atoms. The Morgan fingerprint density at radius 1 is 1.15 bits per heavy atom. The molecular formula is C16H10ClFO2. The molecule has 2 aromatic carbocycles. The van der Waals surface area contributed by atoms with Gasteiger partial charge in [0.05, 0.1) is 10.6 Å². The summed E-state index contributed by atoms with van der Waals surface area (Å²) in [7, 11) is 0. The standard InChI is InChI=1S/C16H10ClFO2/c17-13-5-3-6-14(18)12(13)8-10-9-20-15-7-2-1-4-11(15)16(10)19/h1-8H,9H2. The van der Waals surface area contributed by atoms with E-state index in [-0.39, 0.29) is 23.0 Å². The predicted octanol–water partition coefficient (Wildman–Crippen LogP) is 4.14. The molecule has 0 radical (unpaired) electrons. The SMILES string of the molecule is O=C1C(=Cc2c(F)cccc2Cl)COc2ccccc21. The van der Waals surface area contributed by atoms with Gasteiger partial charge in [0.15, 0.2) is 5.78 Å². The Morgan fingerprint density at radius 3 is 2.75 bits per heavy atom. The molecule has 1 heterocycles. The largest absolute Gasteiger partial charge is 0.488 e. The van der Waals surface area contributed by atoms with Crippen LogP contribution in [0.5, 0.6) is 5.75 Å². The number of carbonyl (C=O) groups is 1. The number of carbonyl (C=O) groups excluding carboxylic acids is 1. The number of hydrogen-bond donors (Lipinski definition) is 0. The summed E-state index contributed by atoms with van der Waals surface area (Å²) in [6, 6.07) is 11.4. The average molecular weight is 289 g/mol. The molecule has 0 saturated carbocycles. The van der Waals surface area contributed by atoms with Crippen molar-refractivity contribution >= 4 is 23.5 Å². The number of para-hydroxylation sites is 1. The van der Waals surface area contributed by atoms with Gasteiger partial charge >= 0.3 is 0 Å². The third-order valence-corrected chi connectivity index (χ3v) is 3.45. The summed E-state index contributed by atoms with van der Waals surface area (Å²) in [6.07, 6.45) is 1.45. The number of hydrogen-bond acceptors (Lipinski definition) is 2. The number of ether oxygens (including phenoxy) is 1. The van der Waals surface area contributed by atoms with Gasteiger partial charge in [-0.15, -0.1) is 0 Å². The molecule has 0 atom stereocenters. The Kier molecular flexibility index (Phi) is 3.28. The summed E-state index contributed by atoms with van der Waals surface area (Å²) in [5, 5.41) is 0.268. The van der Waals surface area contributed by atoms with Crippen molar-refractivity contribution in [3.63, 3.8) is 0 Å². The first-order valence-electron chi connectivity index (χ1n) is 6.08. The summed E-state index contributed by atoms with van der Waals surface area (Å²) >= 11 is 5.96. The third kappa shape index (κ3) is 2.21. The Labute approximate surface area is 120 Å². The van der Waals surface area contributed by atoms with Gasteiger partial charge in [-0.2, -0.15) is 0 Å².